The van der Waals surface area contributed by atoms with E-state index in [1.54, 1.807) is 16.3 Å². The third kappa shape index (κ3) is 4.26. The van der Waals surface area contributed by atoms with Gasteiger partial charge in [-0.15, -0.1) is 0 Å². The first-order valence-electron chi connectivity index (χ1n) is 10.3. The van der Waals surface area contributed by atoms with Crippen LogP contribution in [0.15, 0.2) is 59.4 Å². The van der Waals surface area contributed by atoms with Crippen molar-refractivity contribution in [1.29, 1.82) is 0 Å². The highest BCUT2D eigenvalue weighted by Crippen LogP contribution is 2.19. The molecular weight excluding hydrogens is 390 g/mol. The number of benzene rings is 2. The van der Waals surface area contributed by atoms with E-state index in [0.29, 0.717) is 23.4 Å². The van der Waals surface area contributed by atoms with Crippen LogP contribution in [0.25, 0.3) is 16.9 Å². The van der Waals surface area contributed by atoms with E-state index in [2.05, 4.69) is 15.4 Å². The predicted molar refractivity (Wildman–Crippen MR) is 120 cm³/mol. The molecule has 7 nitrogen and oxygen atoms in total. The minimum atomic E-state index is -0.211. The summed E-state index contributed by atoms with van der Waals surface area (Å²) in [6, 6.07) is 17.7. The number of fused-ring (bicyclic) bond motifs is 1. The largest absolute Gasteiger partial charge is 0.352 e. The van der Waals surface area contributed by atoms with Gasteiger partial charge in [-0.05, 0) is 31.5 Å². The van der Waals surface area contributed by atoms with E-state index in [1.165, 1.54) is 0 Å². The molecule has 0 fully saturated rings. The molecule has 0 aliphatic carbocycles. The summed E-state index contributed by atoms with van der Waals surface area (Å²) >= 11 is 0. The lowest BCUT2D eigenvalue weighted by Crippen LogP contribution is -2.27. The van der Waals surface area contributed by atoms with Gasteiger partial charge in [-0.3, -0.25) is 14.2 Å². The number of nitrogens with one attached hydrogen (secondary N) is 1. The molecule has 2 aromatic heterocycles. The molecule has 0 radical (unpaired) electrons. The molecule has 0 aliphatic rings. The van der Waals surface area contributed by atoms with E-state index >= 15 is 0 Å². The summed E-state index contributed by atoms with van der Waals surface area (Å²) in [7, 11) is 1.72. The summed E-state index contributed by atoms with van der Waals surface area (Å²) < 4.78 is 3.31. The lowest BCUT2D eigenvalue weighted by molar-refractivity contribution is -0.121. The van der Waals surface area contributed by atoms with Crippen LogP contribution < -0.4 is 10.9 Å². The minimum absolute atomic E-state index is 0.111. The molecule has 0 unspecified atom stereocenters. The summed E-state index contributed by atoms with van der Waals surface area (Å²) in [5.41, 5.74) is 5.26. The second-order valence-corrected chi connectivity index (χ2v) is 7.69. The summed E-state index contributed by atoms with van der Waals surface area (Å²) in [5.74, 6) is -0.111. The van der Waals surface area contributed by atoms with Crippen LogP contribution in [0.2, 0.25) is 0 Å². The minimum Gasteiger partial charge on any atom is -0.352 e. The van der Waals surface area contributed by atoms with Crippen LogP contribution >= 0.6 is 0 Å². The number of aromatic nitrogens is 4. The van der Waals surface area contributed by atoms with E-state index in [0.717, 1.165) is 22.5 Å². The van der Waals surface area contributed by atoms with Gasteiger partial charge in [-0.1, -0.05) is 48.0 Å². The highest BCUT2D eigenvalue weighted by atomic mass is 16.1. The number of rotatable bonds is 6. The highest BCUT2D eigenvalue weighted by molar-refractivity contribution is 5.77. The molecule has 2 heterocycles. The Morgan fingerprint density at radius 3 is 2.45 bits per heavy atom. The standard InChI is InChI=1S/C24H25N5O2/c1-16-9-11-19(12-10-16)29-23-22(17(2)27-29)26-20(24(31)28(23)3)13-14-21(30)25-15-18-7-5-4-6-8-18/h4-12H,13-15H2,1-3H3,(H,25,30). The van der Waals surface area contributed by atoms with Crippen molar-refractivity contribution in [2.45, 2.75) is 33.2 Å². The van der Waals surface area contributed by atoms with Crippen molar-refractivity contribution in [2.75, 3.05) is 0 Å². The van der Waals surface area contributed by atoms with Crippen LogP contribution in [-0.4, -0.2) is 25.2 Å². The highest BCUT2D eigenvalue weighted by Gasteiger charge is 2.18. The average molecular weight is 415 g/mol. The van der Waals surface area contributed by atoms with E-state index in [-0.39, 0.29) is 24.3 Å². The first-order chi connectivity index (χ1) is 14.9. The topological polar surface area (TPSA) is 81.8 Å². The monoisotopic (exact) mass is 415 g/mol. The molecule has 1 N–H and O–H groups in total. The van der Waals surface area contributed by atoms with Crippen molar-refractivity contribution in [2.24, 2.45) is 7.05 Å². The molecule has 1 amide bonds. The zero-order chi connectivity index (χ0) is 22.0. The first-order valence-corrected chi connectivity index (χ1v) is 10.3. The molecule has 2 aromatic carbocycles. The van der Waals surface area contributed by atoms with Crippen molar-refractivity contribution in [3.05, 3.63) is 87.5 Å². The normalized spacial score (nSPS) is 11.1. The van der Waals surface area contributed by atoms with Crippen LogP contribution in [0, 0.1) is 13.8 Å². The van der Waals surface area contributed by atoms with E-state index < -0.39 is 0 Å². The van der Waals surface area contributed by atoms with Gasteiger partial charge in [0.15, 0.2) is 5.65 Å². The molecule has 0 bridgehead atoms. The Kier molecular flexibility index (Phi) is 5.66. The fourth-order valence-electron chi connectivity index (χ4n) is 3.56. The van der Waals surface area contributed by atoms with Crippen molar-refractivity contribution < 1.29 is 4.79 Å². The maximum atomic E-state index is 12.9. The number of nitrogens with zero attached hydrogens (tertiary/aromatic N) is 4. The lowest BCUT2D eigenvalue weighted by atomic mass is 10.2. The quantitative estimate of drug-likeness (QED) is 0.525. The molecule has 0 atom stereocenters. The van der Waals surface area contributed by atoms with Crippen LogP contribution in [-0.2, 0) is 24.8 Å². The number of carbonyl (C=O) groups is 1. The molecule has 4 rings (SSSR count). The molecule has 158 valence electrons. The Bertz CT molecular complexity index is 1290. The summed E-state index contributed by atoms with van der Waals surface area (Å²) in [5, 5.41) is 7.50. The molecule has 0 saturated carbocycles. The molecule has 0 spiro atoms. The Morgan fingerprint density at radius 1 is 1.03 bits per heavy atom. The van der Waals surface area contributed by atoms with Crippen LogP contribution in [0.3, 0.4) is 0 Å². The number of carbonyl (C=O) groups excluding carboxylic acids is 1. The summed E-state index contributed by atoms with van der Waals surface area (Å²) in [6.45, 7) is 4.36. The first kappa shape index (κ1) is 20.5. The third-order valence-corrected chi connectivity index (χ3v) is 5.32. The second-order valence-electron chi connectivity index (χ2n) is 7.69. The SMILES string of the molecule is Cc1ccc(-n2nc(C)c3nc(CCC(=O)NCc4ccccc4)c(=O)n(C)c32)cc1. The second kappa shape index (κ2) is 8.55. The predicted octanol–water partition coefficient (Wildman–Crippen LogP) is 2.99. The van der Waals surface area contributed by atoms with E-state index in [4.69, 9.17) is 0 Å². The molecule has 7 heteroatoms. The van der Waals surface area contributed by atoms with Gasteiger partial charge in [0.05, 0.1) is 11.4 Å². The lowest BCUT2D eigenvalue weighted by Gasteiger charge is -2.09. The van der Waals surface area contributed by atoms with Crippen molar-refractivity contribution in [3.63, 3.8) is 0 Å². The maximum Gasteiger partial charge on any atom is 0.273 e. The van der Waals surface area contributed by atoms with Crippen molar-refractivity contribution >= 4 is 17.1 Å². The average Bonchev–Trinajstić information content (AvgIpc) is 3.11. The van der Waals surface area contributed by atoms with Crippen LogP contribution in [0.5, 0.6) is 0 Å². The fraction of sp³-hybridized carbons (Fsp3) is 0.250. The Balaban J connectivity index is 1.56. The summed E-state index contributed by atoms with van der Waals surface area (Å²) in [6.07, 6.45) is 0.476. The zero-order valence-corrected chi connectivity index (χ0v) is 17.9. The Hall–Kier alpha value is -3.74. The smallest absolute Gasteiger partial charge is 0.273 e. The Labute approximate surface area is 180 Å². The van der Waals surface area contributed by atoms with Gasteiger partial charge in [0.2, 0.25) is 5.91 Å². The van der Waals surface area contributed by atoms with E-state index in [1.807, 2.05) is 68.4 Å². The number of hydrogen-bond acceptors (Lipinski definition) is 4. The molecule has 31 heavy (non-hydrogen) atoms. The van der Waals surface area contributed by atoms with Gasteiger partial charge in [-0.2, -0.15) is 5.10 Å². The number of amides is 1. The van der Waals surface area contributed by atoms with E-state index in [9.17, 15) is 9.59 Å². The molecule has 0 aliphatic heterocycles. The third-order valence-electron chi connectivity index (χ3n) is 5.32. The van der Waals surface area contributed by atoms with Gasteiger partial charge >= 0.3 is 0 Å². The van der Waals surface area contributed by atoms with Gasteiger partial charge in [0.25, 0.3) is 5.56 Å². The van der Waals surface area contributed by atoms with Gasteiger partial charge in [0.1, 0.15) is 11.2 Å². The fourth-order valence-corrected chi connectivity index (χ4v) is 3.56. The van der Waals surface area contributed by atoms with Crippen LogP contribution in [0.4, 0.5) is 0 Å². The molecular formula is C24H25N5O2. The van der Waals surface area contributed by atoms with Gasteiger partial charge in [0, 0.05) is 26.4 Å². The van der Waals surface area contributed by atoms with Crippen LogP contribution in [0.1, 0.15) is 28.9 Å². The van der Waals surface area contributed by atoms with Gasteiger partial charge < -0.3 is 5.32 Å². The maximum absolute atomic E-state index is 12.9. The molecule has 0 saturated heterocycles. The van der Waals surface area contributed by atoms with Gasteiger partial charge in [-0.25, -0.2) is 9.67 Å². The molecule has 4 aromatic rings. The zero-order valence-electron chi connectivity index (χ0n) is 17.9. The van der Waals surface area contributed by atoms with Crippen molar-refractivity contribution in [3.8, 4) is 5.69 Å². The number of hydrogen-bond donors (Lipinski definition) is 1. The van der Waals surface area contributed by atoms with Crippen molar-refractivity contribution in [1.82, 2.24) is 24.6 Å². The summed E-state index contributed by atoms with van der Waals surface area (Å²) in [4.78, 5) is 29.8. The number of aryl methyl sites for hydroxylation is 4. The Morgan fingerprint density at radius 2 is 1.74 bits per heavy atom.